The van der Waals surface area contributed by atoms with Gasteiger partial charge < -0.3 is 15.0 Å². The lowest BCUT2D eigenvalue weighted by Gasteiger charge is -2.32. The minimum Gasteiger partial charge on any atom is -0.494 e. The van der Waals surface area contributed by atoms with Gasteiger partial charge in [0.25, 0.3) is 0 Å². The molecule has 1 aromatic carbocycles. The molecule has 0 unspecified atom stereocenters. The van der Waals surface area contributed by atoms with Gasteiger partial charge in [-0.2, -0.15) is 0 Å². The van der Waals surface area contributed by atoms with Crippen LogP contribution in [0.3, 0.4) is 0 Å². The van der Waals surface area contributed by atoms with Gasteiger partial charge in [0.2, 0.25) is 5.91 Å². The molecule has 1 aliphatic heterocycles. The average Bonchev–Trinajstić information content (AvgIpc) is 3.03. The number of hydrogen-bond acceptors (Lipinski definition) is 5. The quantitative estimate of drug-likeness (QED) is 0.886. The first-order chi connectivity index (χ1) is 12.2. The summed E-state index contributed by atoms with van der Waals surface area (Å²) in [7, 11) is 1.69. The lowest BCUT2D eigenvalue weighted by Crippen LogP contribution is -2.41. The standard InChI is InChI=1S/C19H25N3O2S/c1-24-15-6-3-7-16-18(15)21-19(25-16)22-10-8-13(9-11-22)12-17(23)20-14-4-2-5-14/h3,6-7,13-14H,2,4-5,8-12H2,1H3,(H,20,23). The molecule has 1 aliphatic carbocycles. The van der Waals surface area contributed by atoms with Gasteiger partial charge in [0, 0.05) is 25.6 Å². The Morgan fingerprint density at radius 3 is 2.80 bits per heavy atom. The van der Waals surface area contributed by atoms with Gasteiger partial charge >= 0.3 is 0 Å². The van der Waals surface area contributed by atoms with Crippen LogP contribution in [0.2, 0.25) is 0 Å². The van der Waals surface area contributed by atoms with Crippen LogP contribution >= 0.6 is 11.3 Å². The van der Waals surface area contributed by atoms with Crippen LogP contribution in [0.4, 0.5) is 5.13 Å². The number of anilines is 1. The first-order valence-electron chi connectivity index (χ1n) is 9.21. The van der Waals surface area contributed by atoms with Crippen molar-refractivity contribution in [2.75, 3.05) is 25.1 Å². The van der Waals surface area contributed by atoms with Crippen molar-refractivity contribution in [3.63, 3.8) is 0 Å². The van der Waals surface area contributed by atoms with Gasteiger partial charge in [0.15, 0.2) is 5.13 Å². The molecule has 1 saturated carbocycles. The molecular formula is C19H25N3O2S. The first-order valence-corrected chi connectivity index (χ1v) is 10.0. The summed E-state index contributed by atoms with van der Waals surface area (Å²) in [6, 6.07) is 6.51. The molecule has 1 amide bonds. The number of carbonyl (C=O) groups is 1. The highest BCUT2D eigenvalue weighted by molar-refractivity contribution is 7.22. The summed E-state index contributed by atoms with van der Waals surface area (Å²) in [6.07, 6.45) is 6.38. The molecule has 2 fully saturated rings. The van der Waals surface area contributed by atoms with Crippen molar-refractivity contribution in [1.29, 1.82) is 0 Å². The molecule has 0 bridgehead atoms. The Balaban J connectivity index is 1.34. The molecule has 2 aromatic rings. The number of methoxy groups -OCH3 is 1. The average molecular weight is 359 g/mol. The van der Waals surface area contributed by atoms with Crippen LogP contribution in [-0.4, -0.2) is 37.1 Å². The molecule has 6 heteroatoms. The van der Waals surface area contributed by atoms with Gasteiger partial charge in [-0.1, -0.05) is 17.4 Å². The van der Waals surface area contributed by atoms with E-state index >= 15 is 0 Å². The molecule has 25 heavy (non-hydrogen) atoms. The highest BCUT2D eigenvalue weighted by Gasteiger charge is 2.25. The molecule has 5 nitrogen and oxygen atoms in total. The summed E-state index contributed by atoms with van der Waals surface area (Å²) in [4.78, 5) is 19.2. The van der Waals surface area contributed by atoms with E-state index in [1.807, 2.05) is 12.1 Å². The molecule has 1 aromatic heterocycles. The molecule has 2 heterocycles. The zero-order valence-corrected chi connectivity index (χ0v) is 15.5. The minimum absolute atomic E-state index is 0.243. The second-order valence-electron chi connectivity index (χ2n) is 7.13. The number of fused-ring (bicyclic) bond motifs is 1. The van der Waals surface area contributed by atoms with Crippen LogP contribution < -0.4 is 15.0 Å². The molecule has 1 saturated heterocycles. The van der Waals surface area contributed by atoms with E-state index in [1.54, 1.807) is 18.4 Å². The Morgan fingerprint density at radius 2 is 2.12 bits per heavy atom. The van der Waals surface area contributed by atoms with Gasteiger partial charge in [-0.15, -0.1) is 0 Å². The van der Waals surface area contributed by atoms with E-state index in [4.69, 9.17) is 9.72 Å². The van der Waals surface area contributed by atoms with E-state index < -0.39 is 0 Å². The third kappa shape index (κ3) is 3.59. The van der Waals surface area contributed by atoms with Crippen molar-refractivity contribution in [3.8, 4) is 5.75 Å². The normalized spacial score (nSPS) is 19.0. The van der Waals surface area contributed by atoms with Gasteiger partial charge in [0.05, 0.1) is 11.8 Å². The van der Waals surface area contributed by atoms with E-state index in [-0.39, 0.29) is 5.91 Å². The number of rotatable bonds is 5. The Morgan fingerprint density at radius 1 is 1.32 bits per heavy atom. The van der Waals surface area contributed by atoms with Crippen LogP contribution in [0.25, 0.3) is 10.2 Å². The lowest BCUT2D eigenvalue weighted by molar-refractivity contribution is -0.123. The Bertz CT molecular complexity index is 748. The summed E-state index contributed by atoms with van der Waals surface area (Å²) in [6.45, 7) is 1.95. The number of amides is 1. The van der Waals surface area contributed by atoms with Crippen molar-refractivity contribution >= 4 is 32.6 Å². The monoisotopic (exact) mass is 359 g/mol. The number of aromatic nitrogens is 1. The molecule has 134 valence electrons. The highest BCUT2D eigenvalue weighted by atomic mass is 32.1. The topological polar surface area (TPSA) is 54.5 Å². The van der Waals surface area contributed by atoms with Gasteiger partial charge in [0.1, 0.15) is 11.3 Å². The predicted octanol–water partition coefficient (Wildman–Crippen LogP) is 3.58. The minimum atomic E-state index is 0.243. The van der Waals surface area contributed by atoms with Crippen LogP contribution in [0.5, 0.6) is 5.75 Å². The lowest BCUT2D eigenvalue weighted by atomic mass is 9.91. The smallest absolute Gasteiger partial charge is 0.220 e. The van der Waals surface area contributed by atoms with Crippen molar-refractivity contribution in [3.05, 3.63) is 18.2 Å². The molecule has 4 rings (SSSR count). The van der Waals surface area contributed by atoms with Crippen molar-refractivity contribution in [2.45, 2.75) is 44.6 Å². The van der Waals surface area contributed by atoms with Crippen LogP contribution in [0.15, 0.2) is 18.2 Å². The third-order valence-electron chi connectivity index (χ3n) is 5.42. The summed E-state index contributed by atoms with van der Waals surface area (Å²) in [5.74, 6) is 1.58. The first kappa shape index (κ1) is 16.6. The van der Waals surface area contributed by atoms with Gasteiger partial charge in [-0.05, 0) is 50.2 Å². The number of benzene rings is 1. The predicted molar refractivity (Wildman–Crippen MR) is 102 cm³/mol. The largest absolute Gasteiger partial charge is 0.494 e. The van der Waals surface area contributed by atoms with Crippen LogP contribution in [-0.2, 0) is 4.79 Å². The molecule has 0 spiro atoms. The maximum atomic E-state index is 12.1. The second-order valence-corrected chi connectivity index (χ2v) is 8.14. The van der Waals surface area contributed by atoms with Crippen molar-refractivity contribution in [1.82, 2.24) is 10.3 Å². The van der Waals surface area contributed by atoms with Gasteiger partial charge in [-0.3, -0.25) is 4.79 Å². The summed E-state index contributed by atoms with van der Waals surface area (Å²) >= 11 is 1.72. The molecule has 0 radical (unpaired) electrons. The van der Waals surface area contributed by atoms with E-state index in [9.17, 15) is 4.79 Å². The van der Waals surface area contributed by atoms with Crippen molar-refractivity contribution in [2.24, 2.45) is 5.92 Å². The van der Waals surface area contributed by atoms with E-state index in [1.165, 1.54) is 6.42 Å². The van der Waals surface area contributed by atoms with Crippen LogP contribution in [0.1, 0.15) is 38.5 Å². The molecular weight excluding hydrogens is 334 g/mol. The number of nitrogens with zero attached hydrogens (tertiary/aromatic N) is 2. The van der Waals surface area contributed by atoms with Gasteiger partial charge in [-0.25, -0.2) is 4.98 Å². The maximum absolute atomic E-state index is 12.1. The summed E-state index contributed by atoms with van der Waals surface area (Å²) in [5, 5.41) is 4.23. The number of carbonyl (C=O) groups excluding carboxylic acids is 1. The van der Waals surface area contributed by atoms with Crippen LogP contribution in [0, 0.1) is 5.92 Å². The zero-order chi connectivity index (χ0) is 17.2. The summed E-state index contributed by atoms with van der Waals surface area (Å²) in [5.41, 5.74) is 0.951. The van der Waals surface area contributed by atoms with E-state index in [0.29, 0.717) is 18.4 Å². The number of thiazole rings is 1. The Kier molecular flexibility index (Phi) is 4.79. The molecule has 0 atom stereocenters. The zero-order valence-electron chi connectivity index (χ0n) is 14.7. The maximum Gasteiger partial charge on any atom is 0.220 e. The Labute approximate surface area is 152 Å². The fourth-order valence-electron chi connectivity index (χ4n) is 3.64. The molecule has 1 N–H and O–H groups in total. The Hall–Kier alpha value is -1.82. The van der Waals surface area contributed by atoms with E-state index in [2.05, 4.69) is 16.3 Å². The number of piperidine rings is 1. The molecule has 2 aliphatic rings. The number of hydrogen-bond donors (Lipinski definition) is 1. The second kappa shape index (κ2) is 7.20. The SMILES string of the molecule is COc1cccc2sc(N3CCC(CC(=O)NC4CCC4)CC3)nc12. The third-order valence-corrected chi connectivity index (χ3v) is 6.50. The highest BCUT2D eigenvalue weighted by Crippen LogP contribution is 2.35. The van der Waals surface area contributed by atoms with E-state index in [0.717, 1.165) is 59.9 Å². The number of nitrogens with one attached hydrogen (secondary N) is 1. The number of ether oxygens (including phenoxy) is 1. The fraction of sp³-hybridized carbons (Fsp3) is 0.579. The van der Waals surface area contributed by atoms with Crippen molar-refractivity contribution < 1.29 is 9.53 Å². The summed E-state index contributed by atoms with van der Waals surface area (Å²) < 4.78 is 6.58. The number of para-hydroxylation sites is 1. The fourth-order valence-corrected chi connectivity index (χ4v) is 4.68.